The fourth-order valence-electron chi connectivity index (χ4n) is 4.01. The highest BCUT2D eigenvalue weighted by Gasteiger charge is 2.12. The molecule has 0 unspecified atom stereocenters. The molecule has 4 aromatic rings. The average molecular weight is 460 g/mol. The first-order valence-corrected chi connectivity index (χ1v) is 12.3. The van der Waals surface area contributed by atoms with Gasteiger partial charge in [0.05, 0.1) is 6.61 Å². The van der Waals surface area contributed by atoms with Crippen LogP contribution in [-0.2, 0) is 16.1 Å². The van der Waals surface area contributed by atoms with E-state index in [1.54, 1.807) is 17.8 Å². The summed E-state index contributed by atoms with van der Waals surface area (Å²) in [5.74, 6) is 0.156. The molecule has 0 bridgehead atoms. The van der Waals surface area contributed by atoms with E-state index >= 15 is 0 Å². The first kappa shape index (κ1) is 23.0. The number of aromatic hydroxyl groups is 1. The van der Waals surface area contributed by atoms with E-state index in [1.807, 2.05) is 25.1 Å². The Morgan fingerprint density at radius 3 is 2.42 bits per heavy atom. The second kappa shape index (κ2) is 11.1. The summed E-state index contributed by atoms with van der Waals surface area (Å²) in [7, 11) is 0. The Morgan fingerprint density at radius 2 is 1.67 bits per heavy atom. The monoisotopic (exact) mass is 459 g/mol. The average Bonchev–Trinajstić information content (AvgIpc) is 3.17. The van der Waals surface area contributed by atoms with Gasteiger partial charge in [-0.25, -0.2) is 0 Å². The van der Waals surface area contributed by atoms with Gasteiger partial charge in [-0.1, -0.05) is 48.5 Å². The number of rotatable bonds is 10. The highest BCUT2D eigenvalue weighted by Crippen LogP contribution is 2.33. The van der Waals surface area contributed by atoms with Crippen molar-refractivity contribution >= 4 is 28.6 Å². The fraction of sp³-hybridized carbons (Fsp3) is 0.250. The van der Waals surface area contributed by atoms with Crippen molar-refractivity contribution < 1.29 is 14.6 Å². The maximum absolute atomic E-state index is 11.6. The van der Waals surface area contributed by atoms with Crippen LogP contribution in [0.2, 0.25) is 0 Å². The molecule has 1 N–H and O–H groups in total. The number of ether oxygens (including phenoxy) is 1. The number of carbonyl (C=O) groups excluding carboxylic acids is 1. The van der Waals surface area contributed by atoms with Gasteiger partial charge in [-0.2, -0.15) is 0 Å². The molecule has 1 aromatic heterocycles. The van der Waals surface area contributed by atoms with Gasteiger partial charge in [0.2, 0.25) is 0 Å². The van der Waals surface area contributed by atoms with Crippen molar-refractivity contribution in [1.82, 2.24) is 4.57 Å². The maximum atomic E-state index is 11.6. The van der Waals surface area contributed by atoms with Crippen LogP contribution in [-0.4, -0.2) is 22.2 Å². The number of unbranched alkanes of at least 4 members (excludes halogenated alkanes) is 2. The molecule has 0 aliphatic rings. The molecule has 0 radical (unpaired) electrons. The molecular formula is C28H29NO3S. The van der Waals surface area contributed by atoms with Gasteiger partial charge in [-0.05, 0) is 73.9 Å². The number of hydrogen-bond donors (Lipinski definition) is 1. The van der Waals surface area contributed by atoms with E-state index in [-0.39, 0.29) is 11.7 Å². The van der Waals surface area contributed by atoms with E-state index < -0.39 is 0 Å². The molecule has 0 fully saturated rings. The lowest BCUT2D eigenvalue weighted by Gasteiger charge is -2.12. The Labute approximate surface area is 199 Å². The number of phenols is 1. The van der Waals surface area contributed by atoms with Gasteiger partial charge in [-0.3, -0.25) is 4.79 Å². The van der Waals surface area contributed by atoms with Crippen molar-refractivity contribution in [2.45, 2.75) is 48.9 Å². The summed E-state index contributed by atoms with van der Waals surface area (Å²) in [5, 5.41) is 11.0. The lowest BCUT2D eigenvalue weighted by molar-refractivity contribution is -0.143. The van der Waals surface area contributed by atoms with Crippen LogP contribution >= 0.6 is 11.8 Å². The molecule has 0 amide bonds. The molecule has 3 aromatic carbocycles. The molecular weight excluding hydrogens is 430 g/mol. The van der Waals surface area contributed by atoms with E-state index in [0.29, 0.717) is 13.0 Å². The fourth-order valence-corrected chi connectivity index (χ4v) is 4.84. The second-order valence-corrected chi connectivity index (χ2v) is 9.13. The summed E-state index contributed by atoms with van der Waals surface area (Å²) >= 11 is 1.75. The molecule has 0 spiro atoms. The van der Waals surface area contributed by atoms with Crippen LogP contribution in [0.4, 0.5) is 0 Å². The molecule has 0 saturated heterocycles. The minimum atomic E-state index is -0.117. The van der Waals surface area contributed by atoms with Crippen LogP contribution in [0.3, 0.4) is 0 Å². The zero-order valence-corrected chi connectivity index (χ0v) is 19.7. The van der Waals surface area contributed by atoms with E-state index in [0.717, 1.165) is 48.0 Å². The van der Waals surface area contributed by atoms with Crippen LogP contribution < -0.4 is 0 Å². The predicted octanol–water partition coefficient (Wildman–Crippen LogP) is 7.29. The summed E-state index contributed by atoms with van der Waals surface area (Å²) < 4.78 is 7.34. The number of benzene rings is 3. The van der Waals surface area contributed by atoms with Crippen molar-refractivity contribution in [3.05, 3.63) is 78.9 Å². The summed E-state index contributed by atoms with van der Waals surface area (Å²) in [6.07, 6.45) is 3.24. The number of aromatic nitrogens is 1. The standard InChI is InChI=1S/C28H29NO3S/c1-2-32-28(31)11-7-4-8-18-29-26-17-14-23(30)19-22(26)20-27(29)21-12-15-25(16-13-21)33-24-9-5-3-6-10-24/h3,5-6,9-10,12-17,19-20,30H,2,4,7-8,11,18H2,1H3. The van der Waals surface area contributed by atoms with Gasteiger partial charge in [-0.15, -0.1) is 0 Å². The van der Waals surface area contributed by atoms with Crippen LogP contribution in [0, 0.1) is 0 Å². The Bertz CT molecular complexity index is 1200. The zero-order chi connectivity index (χ0) is 23.0. The number of phenolic OH excluding ortho intramolecular Hbond substituents is 1. The van der Waals surface area contributed by atoms with Crippen molar-refractivity contribution in [3.8, 4) is 17.0 Å². The SMILES string of the molecule is CCOC(=O)CCCCCn1c(-c2ccc(Sc3ccccc3)cc2)cc2cc(O)ccc21. The summed E-state index contributed by atoms with van der Waals surface area (Å²) in [6, 6.07) is 26.7. The minimum Gasteiger partial charge on any atom is -0.508 e. The van der Waals surface area contributed by atoms with Crippen LogP contribution in [0.15, 0.2) is 88.7 Å². The van der Waals surface area contributed by atoms with Crippen molar-refractivity contribution in [2.24, 2.45) is 0 Å². The second-order valence-electron chi connectivity index (χ2n) is 7.98. The smallest absolute Gasteiger partial charge is 0.305 e. The Morgan fingerprint density at radius 1 is 0.909 bits per heavy atom. The van der Waals surface area contributed by atoms with Gasteiger partial charge in [0, 0.05) is 39.4 Å². The molecule has 0 aliphatic heterocycles. The maximum Gasteiger partial charge on any atom is 0.305 e. The van der Waals surface area contributed by atoms with E-state index in [2.05, 4.69) is 59.2 Å². The largest absolute Gasteiger partial charge is 0.508 e. The quantitative estimate of drug-likeness (QED) is 0.200. The van der Waals surface area contributed by atoms with Gasteiger partial charge in [0.1, 0.15) is 5.75 Å². The normalized spacial score (nSPS) is 11.1. The first-order chi connectivity index (χ1) is 16.1. The van der Waals surface area contributed by atoms with E-state index in [1.165, 1.54) is 9.79 Å². The minimum absolute atomic E-state index is 0.117. The molecule has 0 aliphatic carbocycles. The number of esters is 1. The van der Waals surface area contributed by atoms with Crippen LogP contribution in [0.25, 0.3) is 22.2 Å². The lowest BCUT2D eigenvalue weighted by Crippen LogP contribution is -2.04. The molecule has 0 atom stereocenters. The Balaban J connectivity index is 1.51. The molecule has 4 rings (SSSR count). The molecule has 33 heavy (non-hydrogen) atoms. The predicted molar refractivity (Wildman–Crippen MR) is 135 cm³/mol. The van der Waals surface area contributed by atoms with Crippen molar-refractivity contribution in [1.29, 1.82) is 0 Å². The third kappa shape index (κ3) is 5.99. The summed E-state index contributed by atoms with van der Waals surface area (Å²) in [6.45, 7) is 3.13. The van der Waals surface area contributed by atoms with Gasteiger partial charge in [0.15, 0.2) is 0 Å². The van der Waals surface area contributed by atoms with Crippen molar-refractivity contribution in [3.63, 3.8) is 0 Å². The summed E-state index contributed by atoms with van der Waals surface area (Å²) in [5.41, 5.74) is 3.39. The molecule has 1 heterocycles. The number of carbonyl (C=O) groups is 1. The highest BCUT2D eigenvalue weighted by molar-refractivity contribution is 7.99. The van der Waals surface area contributed by atoms with Crippen molar-refractivity contribution in [2.75, 3.05) is 6.61 Å². The number of nitrogens with zero attached hydrogens (tertiary/aromatic N) is 1. The highest BCUT2D eigenvalue weighted by atomic mass is 32.2. The Hall–Kier alpha value is -3.18. The number of hydrogen-bond acceptors (Lipinski definition) is 4. The van der Waals surface area contributed by atoms with Gasteiger partial charge < -0.3 is 14.4 Å². The van der Waals surface area contributed by atoms with Gasteiger partial charge >= 0.3 is 5.97 Å². The third-order valence-electron chi connectivity index (χ3n) is 5.58. The Kier molecular flexibility index (Phi) is 7.74. The molecule has 170 valence electrons. The summed E-state index contributed by atoms with van der Waals surface area (Å²) in [4.78, 5) is 14.0. The molecule has 4 nitrogen and oxygen atoms in total. The van der Waals surface area contributed by atoms with Gasteiger partial charge in [0.25, 0.3) is 0 Å². The first-order valence-electron chi connectivity index (χ1n) is 11.5. The zero-order valence-electron chi connectivity index (χ0n) is 18.9. The number of fused-ring (bicyclic) bond motifs is 1. The van der Waals surface area contributed by atoms with E-state index in [9.17, 15) is 9.90 Å². The van der Waals surface area contributed by atoms with Crippen LogP contribution in [0.1, 0.15) is 32.6 Å². The third-order valence-corrected chi connectivity index (χ3v) is 6.60. The van der Waals surface area contributed by atoms with E-state index in [4.69, 9.17) is 4.74 Å². The van der Waals surface area contributed by atoms with Crippen LogP contribution in [0.5, 0.6) is 5.75 Å². The number of aryl methyl sites for hydroxylation is 1. The topological polar surface area (TPSA) is 51.5 Å². The molecule has 0 saturated carbocycles. The molecule has 5 heteroatoms. The lowest BCUT2D eigenvalue weighted by atomic mass is 10.1.